The molecule has 1 aromatic carbocycles. The van der Waals surface area contributed by atoms with Crippen LogP contribution in [0.3, 0.4) is 0 Å². The molecule has 0 aromatic heterocycles. The molecule has 0 saturated heterocycles. The molecular formula is C11H13BrClNO2S. The number of amides is 1. The number of aliphatic hydroxyl groups is 1. The molecule has 3 nitrogen and oxygen atoms in total. The molecule has 0 fully saturated rings. The molecule has 1 aromatic rings. The van der Waals surface area contributed by atoms with Crippen molar-refractivity contribution < 1.29 is 9.90 Å². The number of hydrogen-bond donors (Lipinski definition) is 2. The molecule has 17 heavy (non-hydrogen) atoms. The van der Waals surface area contributed by atoms with Gasteiger partial charge in [-0.2, -0.15) is 11.8 Å². The highest BCUT2D eigenvalue weighted by Crippen LogP contribution is 2.25. The molecule has 0 spiro atoms. The number of anilines is 1. The Kier molecular flexibility index (Phi) is 6.96. The molecule has 0 aliphatic heterocycles. The molecule has 0 radical (unpaired) electrons. The molecule has 0 heterocycles. The highest BCUT2D eigenvalue weighted by atomic mass is 79.9. The van der Waals surface area contributed by atoms with Crippen LogP contribution >= 0.6 is 39.3 Å². The minimum atomic E-state index is -0.0860. The number of halogens is 2. The standard InChI is InChI=1S/C11H13BrClNO2S/c12-8-2-3-10(9(13)6-8)14-11(16)7-17-5-1-4-15/h2-3,6,15H,1,4-5,7H2,(H,14,16). The van der Waals surface area contributed by atoms with E-state index >= 15 is 0 Å². The molecule has 0 unspecified atom stereocenters. The smallest absolute Gasteiger partial charge is 0.234 e. The van der Waals surface area contributed by atoms with E-state index in [-0.39, 0.29) is 12.5 Å². The zero-order chi connectivity index (χ0) is 12.7. The lowest BCUT2D eigenvalue weighted by atomic mass is 10.3. The summed E-state index contributed by atoms with van der Waals surface area (Å²) in [6.45, 7) is 0.160. The number of carbonyl (C=O) groups is 1. The predicted molar refractivity (Wildman–Crippen MR) is 76.8 cm³/mol. The van der Waals surface area contributed by atoms with Crippen LogP contribution < -0.4 is 5.32 Å². The Bertz CT molecular complexity index is 390. The van der Waals surface area contributed by atoms with Crippen molar-refractivity contribution in [2.75, 3.05) is 23.4 Å². The van der Waals surface area contributed by atoms with Crippen molar-refractivity contribution in [3.8, 4) is 0 Å². The Labute approximate surface area is 118 Å². The lowest BCUT2D eigenvalue weighted by Crippen LogP contribution is -2.14. The van der Waals surface area contributed by atoms with Crippen molar-refractivity contribution in [2.45, 2.75) is 6.42 Å². The third-order valence-corrected chi connectivity index (χ3v) is 3.73. The van der Waals surface area contributed by atoms with Gasteiger partial charge in [-0.05, 0) is 30.4 Å². The minimum Gasteiger partial charge on any atom is -0.396 e. The second kappa shape index (κ2) is 7.97. The first-order valence-electron chi connectivity index (χ1n) is 5.07. The summed E-state index contributed by atoms with van der Waals surface area (Å²) in [6, 6.07) is 5.30. The Morgan fingerprint density at radius 2 is 2.29 bits per heavy atom. The minimum absolute atomic E-state index is 0.0860. The molecule has 0 aliphatic rings. The van der Waals surface area contributed by atoms with Crippen molar-refractivity contribution in [1.82, 2.24) is 0 Å². The van der Waals surface area contributed by atoms with Gasteiger partial charge in [0.25, 0.3) is 0 Å². The molecule has 2 N–H and O–H groups in total. The molecule has 0 aliphatic carbocycles. The largest absolute Gasteiger partial charge is 0.396 e. The van der Waals surface area contributed by atoms with Crippen LogP contribution in [-0.4, -0.2) is 29.1 Å². The number of aliphatic hydroxyl groups excluding tert-OH is 1. The first-order chi connectivity index (χ1) is 8.13. The van der Waals surface area contributed by atoms with Gasteiger partial charge in [-0.25, -0.2) is 0 Å². The van der Waals surface area contributed by atoms with Gasteiger partial charge >= 0.3 is 0 Å². The molecular weight excluding hydrogens is 326 g/mol. The van der Waals surface area contributed by atoms with Crippen LogP contribution in [0.15, 0.2) is 22.7 Å². The summed E-state index contributed by atoms with van der Waals surface area (Å²) in [5.74, 6) is 1.06. The SMILES string of the molecule is O=C(CSCCCO)Nc1ccc(Br)cc1Cl. The van der Waals surface area contributed by atoms with E-state index in [1.165, 1.54) is 11.8 Å². The van der Waals surface area contributed by atoms with E-state index < -0.39 is 0 Å². The summed E-state index contributed by atoms with van der Waals surface area (Å²) in [7, 11) is 0. The Morgan fingerprint density at radius 3 is 2.94 bits per heavy atom. The van der Waals surface area contributed by atoms with Gasteiger partial charge in [0.2, 0.25) is 5.91 Å². The topological polar surface area (TPSA) is 49.3 Å². The maximum atomic E-state index is 11.5. The van der Waals surface area contributed by atoms with Gasteiger partial charge in [0.05, 0.1) is 16.5 Å². The van der Waals surface area contributed by atoms with Crippen molar-refractivity contribution in [3.63, 3.8) is 0 Å². The fourth-order valence-electron chi connectivity index (χ4n) is 1.11. The van der Waals surface area contributed by atoms with Gasteiger partial charge in [-0.1, -0.05) is 27.5 Å². The summed E-state index contributed by atoms with van der Waals surface area (Å²) >= 11 is 10.8. The lowest BCUT2D eigenvalue weighted by Gasteiger charge is -2.07. The summed E-state index contributed by atoms with van der Waals surface area (Å²) in [5.41, 5.74) is 0.614. The average Bonchev–Trinajstić information content (AvgIpc) is 2.28. The van der Waals surface area contributed by atoms with Crippen LogP contribution in [0.2, 0.25) is 5.02 Å². The van der Waals surface area contributed by atoms with E-state index in [1.54, 1.807) is 12.1 Å². The highest BCUT2D eigenvalue weighted by Gasteiger charge is 2.06. The van der Waals surface area contributed by atoms with Crippen LogP contribution in [0.1, 0.15) is 6.42 Å². The van der Waals surface area contributed by atoms with E-state index in [1.807, 2.05) is 6.07 Å². The maximum Gasteiger partial charge on any atom is 0.234 e. The maximum absolute atomic E-state index is 11.5. The van der Waals surface area contributed by atoms with Crippen molar-refractivity contribution in [3.05, 3.63) is 27.7 Å². The van der Waals surface area contributed by atoms with Crippen molar-refractivity contribution >= 4 is 50.9 Å². The molecule has 1 rings (SSSR count). The third-order valence-electron chi connectivity index (χ3n) is 1.89. The first kappa shape index (κ1) is 14.8. The summed E-state index contributed by atoms with van der Waals surface area (Å²) in [5, 5.41) is 11.8. The summed E-state index contributed by atoms with van der Waals surface area (Å²) in [4.78, 5) is 11.5. The quantitative estimate of drug-likeness (QED) is 0.783. The van der Waals surface area contributed by atoms with E-state index in [0.717, 1.165) is 10.2 Å². The van der Waals surface area contributed by atoms with Gasteiger partial charge in [0.15, 0.2) is 0 Å². The molecule has 94 valence electrons. The lowest BCUT2D eigenvalue weighted by molar-refractivity contribution is -0.113. The van der Waals surface area contributed by atoms with Gasteiger partial charge in [-0.15, -0.1) is 0 Å². The van der Waals surface area contributed by atoms with Crippen molar-refractivity contribution in [2.24, 2.45) is 0 Å². The first-order valence-corrected chi connectivity index (χ1v) is 7.39. The predicted octanol–water partition coefficient (Wildman–Crippen LogP) is 3.16. The van der Waals surface area contributed by atoms with Crippen LogP contribution in [0.25, 0.3) is 0 Å². The number of nitrogens with one attached hydrogen (secondary N) is 1. The molecule has 0 bridgehead atoms. The number of hydrogen-bond acceptors (Lipinski definition) is 3. The van der Waals surface area contributed by atoms with Gasteiger partial charge in [-0.3, -0.25) is 4.79 Å². The van der Waals surface area contributed by atoms with E-state index in [9.17, 15) is 4.79 Å². The van der Waals surface area contributed by atoms with E-state index in [4.69, 9.17) is 16.7 Å². The van der Waals surface area contributed by atoms with Gasteiger partial charge < -0.3 is 10.4 Å². The number of thioether (sulfide) groups is 1. The molecule has 0 atom stereocenters. The van der Waals surface area contributed by atoms with Crippen LogP contribution in [0.4, 0.5) is 5.69 Å². The zero-order valence-electron chi connectivity index (χ0n) is 9.08. The van der Waals surface area contributed by atoms with Gasteiger partial charge in [0.1, 0.15) is 0 Å². The fraction of sp³-hybridized carbons (Fsp3) is 0.364. The second-order valence-electron chi connectivity index (χ2n) is 3.30. The number of rotatable bonds is 6. The number of carbonyl (C=O) groups excluding carboxylic acids is 1. The fourth-order valence-corrected chi connectivity index (χ4v) is 2.56. The van der Waals surface area contributed by atoms with Crippen LogP contribution in [0, 0.1) is 0 Å². The van der Waals surface area contributed by atoms with E-state index in [2.05, 4.69) is 21.2 Å². The third kappa shape index (κ3) is 5.77. The number of benzene rings is 1. The summed E-state index contributed by atoms with van der Waals surface area (Å²) < 4.78 is 0.873. The zero-order valence-corrected chi connectivity index (χ0v) is 12.2. The van der Waals surface area contributed by atoms with Crippen molar-refractivity contribution in [1.29, 1.82) is 0 Å². The second-order valence-corrected chi connectivity index (χ2v) is 5.73. The van der Waals surface area contributed by atoms with Gasteiger partial charge in [0, 0.05) is 11.1 Å². The Morgan fingerprint density at radius 1 is 1.53 bits per heavy atom. The monoisotopic (exact) mass is 337 g/mol. The molecule has 6 heteroatoms. The normalized spacial score (nSPS) is 10.3. The Hall–Kier alpha value is -0.230. The summed E-state index contributed by atoms with van der Waals surface area (Å²) in [6.07, 6.45) is 0.705. The highest BCUT2D eigenvalue weighted by molar-refractivity contribution is 9.10. The van der Waals surface area contributed by atoms with E-state index in [0.29, 0.717) is 22.9 Å². The molecule has 0 saturated carbocycles. The average molecular weight is 339 g/mol. The van der Waals surface area contributed by atoms with Crippen LogP contribution in [0.5, 0.6) is 0 Å². The van der Waals surface area contributed by atoms with Crippen LogP contribution in [-0.2, 0) is 4.79 Å². The Balaban J connectivity index is 2.40. The molecule has 1 amide bonds.